The van der Waals surface area contributed by atoms with E-state index in [4.69, 9.17) is 16.3 Å². The molecule has 0 aliphatic heterocycles. The molecule has 106 valence electrons. The van der Waals surface area contributed by atoms with Crippen molar-refractivity contribution in [2.45, 2.75) is 6.42 Å². The molecule has 2 N–H and O–H groups in total. The molecule has 0 saturated carbocycles. The van der Waals surface area contributed by atoms with E-state index < -0.39 is 0 Å². The number of hydrogen-bond donors (Lipinski definition) is 2. The molecule has 6 nitrogen and oxygen atoms in total. The van der Waals surface area contributed by atoms with Gasteiger partial charge >= 0.3 is 0 Å². The second kappa shape index (κ2) is 7.62. The molecular weight excluding hydrogens is 278 g/mol. The van der Waals surface area contributed by atoms with Gasteiger partial charge < -0.3 is 15.4 Å². The maximum absolute atomic E-state index is 6.08. The van der Waals surface area contributed by atoms with Gasteiger partial charge in [-0.1, -0.05) is 23.7 Å². The van der Waals surface area contributed by atoms with E-state index in [1.165, 1.54) is 0 Å². The van der Waals surface area contributed by atoms with E-state index >= 15 is 0 Å². The molecule has 1 aromatic heterocycles. The van der Waals surface area contributed by atoms with Crippen LogP contribution in [0.5, 0.6) is 0 Å². The Balaban J connectivity index is 1.97. The summed E-state index contributed by atoms with van der Waals surface area (Å²) in [6.07, 6.45) is 2.42. The van der Waals surface area contributed by atoms with Crippen molar-refractivity contribution in [1.82, 2.24) is 15.2 Å². The summed E-state index contributed by atoms with van der Waals surface area (Å²) >= 11 is 6.08. The number of nitrogens with one attached hydrogen (secondary N) is 2. The molecule has 0 aliphatic rings. The van der Waals surface area contributed by atoms with Crippen molar-refractivity contribution in [3.8, 4) is 0 Å². The molecular formula is C13H16ClN5O. The van der Waals surface area contributed by atoms with E-state index in [0.29, 0.717) is 23.4 Å². The molecule has 2 rings (SSSR count). The zero-order valence-corrected chi connectivity index (χ0v) is 11.9. The lowest BCUT2D eigenvalue weighted by atomic mass is 10.3. The fourth-order valence-corrected chi connectivity index (χ4v) is 1.74. The van der Waals surface area contributed by atoms with Crippen LogP contribution in [0.15, 0.2) is 30.5 Å². The Labute approximate surface area is 122 Å². The molecule has 0 amide bonds. The summed E-state index contributed by atoms with van der Waals surface area (Å²) in [4.78, 5) is 4.31. The highest BCUT2D eigenvalue weighted by Crippen LogP contribution is 2.23. The quantitative estimate of drug-likeness (QED) is 0.765. The largest absolute Gasteiger partial charge is 0.385 e. The van der Waals surface area contributed by atoms with Crippen LogP contribution >= 0.6 is 11.6 Å². The van der Waals surface area contributed by atoms with Gasteiger partial charge in [-0.3, -0.25) is 0 Å². The topological polar surface area (TPSA) is 72.0 Å². The smallest absolute Gasteiger partial charge is 0.244 e. The zero-order valence-electron chi connectivity index (χ0n) is 11.1. The monoisotopic (exact) mass is 293 g/mol. The van der Waals surface area contributed by atoms with Crippen molar-refractivity contribution in [2.75, 3.05) is 30.9 Å². The Kier molecular flexibility index (Phi) is 5.52. The minimum Gasteiger partial charge on any atom is -0.385 e. The third kappa shape index (κ3) is 4.32. The average Bonchev–Trinajstić information content (AvgIpc) is 2.47. The number of anilines is 3. The van der Waals surface area contributed by atoms with E-state index in [1.54, 1.807) is 13.3 Å². The van der Waals surface area contributed by atoms with E-state index in [0.717, 1.165) is 18.7 Å². The third-order valence-electron chi connectivity index (χ3n) is 2.50. The number of benzene rings is 1. The van der Waals surface area contributed by atoms with Crippen molar-refractivity contribution in [3.05, 3.63) is 35.5 Å². The van der Waals surface area contributed by atoms with E-state index in [9.17, 15) is 0 Å². The molecule has 1 heterocycles. The predicted molar refractivity (Wildman–Crippen MR) is 79.5 cm³/mol. The lowest BCUT2D eigenvalue weighted by molar-refractivity contribution is 0.197. The molecule has 20 heavy (non-hydrogen) atoms. The molecule has 0 spiro atoms. The molecule has 0 aliphatic carbocycles. The van der Waals surface area contributed by atoms with Crippen LogP contribution in [0, 0.1) is 0 Å². The van der Waals surface area contributed by atoms with Crippen molar-refractivity contribution in [3.63, 3.8) is 0 Å². The Morgan fingerprint density at radius 2 is 2.15 bits per heavy atom. The van der Waals surface area contributed by atoms with Gasteiger partial charge in [0.15, 0.2) is 5.82 Å². The van der Waals surface area contributed by atoms with Crippen molar-refractivity contribution in [1.29, 1.82) is 0 Å². The molecule has 0 saturated heterocycles. The van der Waals surface area contributed by atoms with Crippen molar-refractivity contribution >= 4 is 29.1 Å². The van der Waals surface area contributed by atoms with Crippen LogP contribution in [0.4, 0.5) is 17.5 Å². The van der Waals surface area contributed by atoms with Gasteiger partial charge in [0.05, 0.1) is 16.9 Å². The number of hydrogen-bond acceptors (Lipinski definition) is 6. The molecule has 0 radical (unpaired) electrons. The van der Waals surface area contributed by atoms with Crippen LogP contribution in [-0.2, 0) is 4.74 Å². The summed E-state index contributed by atoms with van der Waals surface area (Å²) in [5.74, 6) is 1.06. The minimum absolute atomic E-state index is 0.471. The molecule has 0 unspecified atom stereocenters. The number of methoxy groups -OCH3 is 1. The number of halogens is 1. The number of rotatable bonds is 7. The SMILES string of the molecule is COCCCNc1nncc(Nc2ccccc2Cl)n1. The van der Waals surface area contributed by atoms with Gasteiger partial charge in [0, 0.05) is 20.3 Å². The lowest BCUT2D eigenvalue weighted by Crippen LogP contribution is -2.09. The molecule has 0 atom stereocenters. The number of ether oxygens (including phenoxy) is 1. The summed E-state index contributed by atoms with van der Waals surface area (Å²) in [6, 6.07) is 7.44. The Bertz CT molecular complexity index is 552. The lowest BCUT2D eigenvalue weighted by Gasteiger charge is -2.08. The maximum Gasteiger partial charge on any atom is 0.244 e. The highest BCUT2D eigenvalue weighted by Gasteiger charge is 2.03. The highest BCUT2D eigenvalue weighted by atomic mass is 35.5. The second-order valence-corrected chi connectivity index (χ2v) is 4.45. The molecule has 2 aromatic rings. The fourth-order valence-electron chi connectivity index (χ4n) is 1.56. The first-order valence-electron chi connectivity index (χ1n) is 6.23. The van der Waals surface area contributed by atoms with Crippen LogP contribution in [0.25, 0.3) is 0 Å². The first-order valence-corrected chi connectivity index (χ1v) is 6.61. The van der Waals surface area contributed by atoms with Gasteiger partial charge in [0.1, 0.15) is 0 Å². The number of aromatic nitrogens is 3. The standard InChI is InChI=1S/C13H16ClN5O/c1-20-8-4-7-15-13-18-12(9-16-19-13)17-11-6-3-2-5-10(11)14/h2-3,5-6,9H,4,7-8H2,1H3,(H2,15,17,18,19). The van der Waals surface area contributed by atoms with Gasteiger partial charge in [-0.05, 0) is 18.6 Å². The van der Waals surface area contributed by atoms with E-state index in [2.05, 4.69) is 25.8 Å². The van der Waals surface area contributed by atoms with Crippen LogP contribution in [0.1, 0.15) is 6.42 Å². The second-order valence-electron chi connectivity index (χ2n) is 4.04. The molecule has 0 fully saturated rings. The van der Waals surface area contributed by atoms with Crippen LogP contribution < -0.4 is 10.6 Å². The summed E-state index contributed by atoms with van der Waals surface area (Å²) in [6.45, 7) is 1.42. The molecule has 0 bridgehead atoms. The van der Waals surface area contributed by atoms with Crippen LogP contribution in [-0.4, -0.2) is 35.4 Å². The first-order chi connectivity index (χ1) is 9.79. The Hall–Kier alpha value is -1.92. The fraction of sp³-hybridized carbons (Fsp3) is 0.308. The van der Waals surface area contributed by atoms with Gasteiger partial charge in [0.2, 0.25) is 5.95 Å². The molecule has 7 heteroatoms. The number of para-hydroxylation sites is 1. The minimum atomic E-state index is 0.471. The van der Waals surface area contributed by atoms with Gasteiger partial charge in [-0.15, -0.1) is 5.10 Å². The Morgan fingerprint density at radius 3 is 2.95 bits per heavy atom. The maximum atomic E-state index is 6.08. The normalized spacial score (nSPS) is 10.3. The van der Waals surface area contributed by atoms with Crippen LogP contribution in [0.3, 0.4) is 0 Å². The van der Waals surface area contributed by atoms with E-state index in [1.807, 2.05) is 24.3 Å². The average molecular weight is 294 g/mol. The summed E-state index contributed by atoms with van der Waals surface area (Å²) in [5, 5.41) is 14.6. The van der Waals surface area contributed by atoms with Gasteiger partial charge in [0.25, 0.3) is 0 Å². The number of nitrogens with zero attached hydrogens (tertiary/aromatic N) is 3. The third-order valence-corrected chi connectivity index (χ3v) is 2.83. The zero-order chi connectivity index (χ0) is 14.2. The summed E-state index contributed by atoms with van der Waals surface area (Å²) < 4.78 is 4.97. The van der Waals surface area contributed by atoms with Gasteiger partial charge in [-0.2, -0.15) is 10.1 Å². The molecule has 1 aromatic carbocycles. The van der Waals surface area contributed by atoms with Crippen molar-refractivity contribution < 1.29 is 4.74 Å². The summed E-state index contributed by atoms with van der Waals surface area (Å²) in [5.41, 5.74) is 0.778. The first kappa shape index (κ1) is 14.5. The van der Waals surface area contributed by atoms with Crippen molar-refractivity contribution in [2.24, 2.45) is 0 Å². The highest BCUT2D eigenvalue weighted by molar-refractivity contribution is 6.33. The summed E-state index contributed by atoms with van der Waals surface area (Å²) in [7, 11) is 1.67. The van der Waals surface area contributed by atoms with Gasteiger partial charge in [-0.25, -0.2) is 0 Å². The van der Waals surface area contributed by atoms with E-state index in [-0.39, 0.29) is 0 Å². The Morgan fingerprint density at radius 1 is 1.30 bits per heavy atom. The van der Waals surface area contributed by atoms with Crippen LogP contribution in [0.2, 0.25) is 5.02 Å². The predicted octanol–water partition coefficient (Wildman–Crippen LogP) is 2.72.